The van der Waals surface area contributed by atoms with Crippen LogP contribution in [0.25, 0.3) is 0 Å². The SMILES string of the molecule is COc1ccc(S[C@H](C)C(=O)Nc2ccccc2C)cc1. The van der Waals surface area contributed by atoms with Crippen LogP contribution >= 0.6 is 11.8 Å². The number of anilines is 1. The molecule has 0 aliphatic carbocycles. The van der Waals surface area contributed by atoms with Gasteiger partial charge < -0.3 is 10.1 Å². The maximum atomic E-state index is 12.2. The summed E-state index contributed by atoms with van der Waals surface area (Å²) in [5.74, 6) is 0.821. The molecule has 0 bridgehead atoms. The topological polar surface area (TPSA) is 38.3 Å². The quantitative estimate of drug-likeness (QED) is 0.844. The summed E-state index contributed by atoms with van der Waals surface area (Å²) >= 11 is 1.53. The zero-order valence-corrected chi connectivity index (χ0v) is 13.2. The molecule has 0 spiro atoms. The highest BCUT2D eigenvalue weighted by atomic mass is 32.2. The lowest BCUT2D eigenvalue weighted by Gasteiger charge is -2.13. The predicted octanol–water partition coefficient (Wildman–Crippen LogP) is 4.12. The first kappa shape index (κ1) is 15.4. The Labute approximate surface area is 129 Å². The van der Waals surface area contributed by atoms with Crippen LogP contribution in [0, 0.1) is 6.92 Å². The molecule has 3 nitrogen and oxygen atoms in total. The van der Waals surface area contributed by atoms with Crippen molar-refractivity contribution in [1.82, 2.24) is 0 Å². The van der Waals surface area contributed by atoms with Crippen molar-refractivity contribution in [3.8, 4) is 5.75 Å². The second kappa shape index (κ2) is 7.18. The fourth-order valence-electron chi connectivity index (χ4n) is 1.86. The number of carbonyl (C=O) groups is 1. The van der Waals surface area contributed by atoms with E-state index in [0.29, 0.717) is 0 Å². The smallest absolute Gasteiger partial charge is 0.237 e. The number of hydrogen-bond acceptors (Lipinski definition) is 3. The summed E-state index contributed by atoms with van der Waals surface area (Å²) in [5.41, 5.74) is 1.93. The van der Waals surface area contributed by atoms with Crippen LogP contribution in [0.15, 0.2) is 53.4 Å². The number of para-hydroxylation sites is 1. The van der Waals surface area contributed by atoms with Gasteiger partial charge in [-0.3, -0.25) is 4.79 Å². The molecule has 1 amide bonds. The summed E-state index contributed by atoms with van der Waals surface area (Å²) in [6.07, 6.45) is 0. The molecule has 0 aliphatic heterocycles. The Balaban J connectivity index is 1.97. The van der Waals surface area contributed by atoms with Crippen LogP contribution in [0.4, 0.5) is 5.69 Å². The summed E-state index contributed by atoms with van der Waals surface area (Å²) in [6, 6.07) is 15.5. The van der Waals surface area contributed by atoms with Gasteiger partial charge >= 0.3 is 0 Å². The first-order chi connectivity index (χ1) is 10.1. The molecule has 4 heteroatoms. The summed E-state index contributed by atoms with van der Waals surface area (Å²) in [5, 5.41) is 2.80. The van der Waals surface area contributed by atoms with Crippen LogP contribution < -0.4 is 10.1 Å². The minimum Gasteiger partial charge on any atom is -0.497 e. The first-order valence-electron chi connectivity index (χ1n) is 6.77. The Bertz CT molecular complexity index is 610. The van der Waals surface area contributed by atoms with E-state index >= 15 is 0 Å². The van der Waals surface area contributed by atoms with Gasteiger partial charge in [0.2, 0.25) is 5.91 Å². The number of ether oxygens (including phenoxy) is 1. The van der Waals surface area contributed by atoms with Gasteiger partial charge in [0.05, 0.1) is 12.4 Å². The summed E-state index contributed by atoms with van der Waals surface area (Å²) < 4.78 is 5.13. The van der Waals surface area contributed by atoms with Crippen molar-refractivity contribution in [3.05, 3.63) is 54.1 Å². The molecule has 0 aromatic heterocycles. The van der Waals surface area contributed by atoms with Crippen LogP contribution in [0.2, 0.25) is 0 Å². The molecular weight excluding hydrogens is 282 g/mol. The van der Waals surface area contributed by atoms with Crippen molar-refractivity contribution in [2.75, 3.05) is 12.4 Å². The lowest BCUT2D eigenvalue weighted by atomic mass is 10.2. The number of aryl methyl sites for hydroxylation is 1. The normalized spacial score (nSPS) is 11.8. The largest absolute Gasteiger partial charge is 0.497 e. The van der Waals surface area contributed by atoms with Crippen molar-refractivity contribution >= 4 is 23.4 Å². The Morgan fingerprint density at radius 2 is 1.81 bits per heavy atom. The Hall–Kier alpha value is -1.94. The van der Waals surface area contributed by atoms with Crippen molar-refractivity contribution in [2.24, 2.45) is 0 Å². The average molecular weight is 301 g/mol. The summed E-state index contributed by atoms with van der Waals surface area (Å²) in [7, 11) is 1.64. The average Bonchev–Trinajstić information content (AvgIpc) is 2.50. The number of methoxy groups -OCH3 is 1. The number of carbonyl (C=O) groups excluding carboxylic acids is 1. The molecule has 2 aromatic carbocycles. The van der Waals surface area contributed by atoms with E-state index in [9.17, 15) is 4.79 Å². The van der Waals surface area contributed by atoms with Gasteiger partial charge in [-0.25, -0.2) is 0 Å². The zero-order valence-electron chi connectivity index (χ0n) is 12.4. The van der Waals surface area contributed by atoms with Gasteiger partial charge in [-0.1, -0.05) is 18.2 Å². The van der Waals surface area contributed by atoms with Crippen LogP contribution in [-0.2, 0) is 4.79 Å². The molecular formula is C17H19NO2S. The van der Waals surface area contributed by atoms with Gasteiger partial charge in [0, 0.05) is 10.6 Å². The third kappa shape index (κ3) is 4.26. The summed E-state index contributed by atoms with van der Waals surface area (Å²) in [4.78, 5) is 13.3. The third-order valence-electron chi connectivity index (χ3n) is 3.14. The standard InChI is InChI=1S/C17H19NO2S/c1-12-6-4-5-7-16(12)18-17(19)13(2)21-15-10-8-14(20-3)9-11-15/h4-11,13H,1-3H3,(H,18,19)/t13-/m1/s1. The van der Waals surface area contributed by atoms with Crippen molar-refractivity contribution in [3.63, 3.8) is 0 Å². The van der Waals surface area contributed by atoms with Crippen molar-refractivity contribution < 1.29 is 9.53 Å². The monoisotopic (exact) mass is 301 g/mol. The van der Waals surface area contributed by atoms with Gasteiger partial charge in [-0.15, -0.1) is 11.8 Å². The highest BCUT2D eigenvalue weighted by Crippen LogP contribution is 2.26. The molecule has 0 saturated carbocycles. The molecule has 1 N–H and O–H groups in total. The minimum atomic E-state index is -0.169. The predicted molar refractivity (Wildman–Crippen MR) is 88.1 cm³/mol. The van der Waals surface area contributed by atoms with Gasteiger partial charge in [0.15, 0.2) is 0 Å². The second-order valence-corrected chi connectivity index (χ2v) is 6.15. The maximum Gasteiger partial charge on any atom is 0.237 e. The van der Waals surface area contributed by atoms with Crippen molar-refractivity contribution in [1.29, 1.82) is 0 Å². The molecule has 110 valence electrons. The van der Waals surface area contributed by atoms with E-state index in [1.54, 1.807) is 7.11 Å². The van der Waals surface area contributed by atoms with Crippen LogP contribution in [-0.4, -0.2) is 18.3 Å². The molecule has 21 heavy (non-hydrogen) atoms. The first-order valence-corrected chi connectivity index (χ1v) is 7.65. The number of hydrogen-bond donors (Lipinski definition) is 1. The highest BCUT2D eigenvalue weighted by molar-refractivity contribution is 8.00. The van der Waals surface area contributed by atoms with Crippen LogP contribution in [0.3, 0.4) is 0 Å². The van der Waals surface area contributed by atoms with E-state index in [1.165, 1.54) is 11.8 Å². The molecule has 2 aromatic rings. The molecule has 0 unspecified atom stereocenters. The number of nitrogens with one attached hydrogen (secondary N) is 1. The molecule has 0 heterocycles. The Morgan fingerprint density at radius 1 is 1.14 bits per heavy atom. The zero-order chi connectivity index (χ0) is 15.2. The lowest BCUT2D eigenvalue weighted by Crippen LogP contribution is -2.22. The van der Waals surface area contributed by atoms with E-state index in [4.69, 9.17) is 4.74 Å². The van der Waals surface area contributed by atoms with Gasteiger partial charge in [-0.05, 0) is 49.7 Å². The van der Waals surface area contributed by atoms with E-state index in [-0.39, 0.29) is 11.2 Å². The highest BCUT2D eigenvalue weighted by Gasteiger charge is 2.15. The van der Waals surface area contributed by atoms with E-state index < -0.39 is 0 Å². The molecule has 0 aliphatic rings. The Morgan fingerprint density at radius 3 is 2.43 bits per heavy atom. The minimum absolute atomic E-state index is 0.00474. The van der Waals surface area contributed by atoms with Crippen LogP contribution in [0.1, 0.15) is 12.5 Å². The fourth-order valence-corrected chi connectivity index (χ4v) is 2.73. The van der Waals surface area contributed by atoms with E-state index in [0.717, 1.165) is 21.9 Å². The maximum absolute atomic E-state index is 12.2. The second-order valence-electron chi connectivity index (χ2n) is 4.74. The molecule has 0 saturated heterocycles. The number of benzene rings is 2. The molecule has 0 radical (unpaired) electrons. The van der Waals surface area contributed by atoms with Gasteiger partial charge in [-0.2, -0.15) is 0 Å². The molecule has 1 atom stereocenters. The fraction of sp³-hybridized carbons (Fsp3) is 0.235. The number of thioether (sulfide) groups is 1. The molecule has 0 fully saturated rings. The molecule has 2 rings (SSSR count). The van der Waals surface area contributed by atoms with Crippen LogP contribution in [0.5, 0.6) is 5.75 Å². The van der Waals surface area contributed by atoms with E-state index in [1.807, 2.05) is 62.4 Å². The lowest BCUT2D eigenvalue weighted by molar-refractivity contribution is -0.115. The summed E-state index contributed by atoms with van der Waals surface area (Å²) in [6.45, 7) is 3.89. The van der Waals surface area contributed by atoms with Gasteiger partial charge in [0.1, 0.15) is 5.75 Å². The third-order valence-corrected chi connectivity index (χ3v) is 4.26. The van der Waals surface area contributed by atoms with Crippen molar-refractivity contribution in [2.45, 2.75) is 24.0 Å². The number of rotatable bonds is 5. The van der Waals surface area contributed by atoms with E-state index in [2.05, 4.69) is 5.32 Å². The van der Waals surface area contributed by atoms with Gasteiger partial charge in [0.25, 0.3) is 0 Å². The Kier molecular flexibility index (Phi) is 5.28. The number of amides is 1.